The van der Waals surface area contributed by atoms with Gasteiger partial charge in [-0.25, -0.2) is 0 Å². The van der Waals surface area contributed by atoms with E-state index in [2.05, 4.69) is 5.92 Å². The molecule has 0 bridgehead atoms. The molecule has 0 radical (unpaired) electrons. The topological polar surface area (TPSA) is 20.2 Å². The summed E-state index contributed by atoms with van der Waals surface area (Å²) in [5.74, 6) is 2.58. The van der Waals surface area contributed by atoms with Crippen LogP contribution in [0.1, 0.15) is 26.2 Å². The van der Waals surface area contributed by atoms with Crippen molar-refractivity contribution >= 4 is 0 Å². The number of unbranched alkanes of at least 4 members (excludes halogenated alkanes) is 1. The van der Waals surface area contributed by atoms with Crippen LogP contribution in [0.4, 0.5) is 0 Å². The maximum absolute atomic E-state index is 8.48. The summed E-state index contributed by atoms with van der Waals surface area (Å²) in [5, 5.41) is 8.48. The molecule has 0 fully saturated rings. The van der Waals surface area contributed by atoms with E-state index < -0.39 is 0 Å². The lowest BCUT2D eigenvalue weighted by Gasteiger charge is -1.95. The Morgan fingerprint density at radius 1 is 1.70 bits per heavy atom. The van der Waals surface area contributed by atoms with Gasteiger partial charge in [-0.05, 0) is 19.8 Å². The Bertz CT molecular complexity index is 139. The van der Waals surface area contributed by atoms with E-state index in [9.17, 15) is 0 Å². The van der Waals surface area contributed by atoms with Crippen LogP contribution in [0, 0.1) is 12.3 Å². The normalized spacial score (nSPS) is 11.1. The Morgan fingerprint density at radius 3 is 2.90 bits per heavy atom. The quantitative estimate of drug-likeness (QED) is 0.356. The summed E-state index contributed by atoms with van der Waals surface area (Å²) in [6, 6.07) is 0. The third-order valence-corrected chi connectivity index (χ3v) is 1.33. The number of aliphatic hydroxyl groups excluding tert-OH is 1. The summed E-state index contributed by atoms with van der Waals surface area (Å²) in [5.41, 5.74) is 1.22. The molecule has 0 saturated heterocycles. The summed E-state index contributed by atoms with van der Waals surface area (Å²) < 4.78 is 0. The maximum atomic E-state index is 8.48. The molecule has 0 saturated carbocycles. The largest absolute Gasteiger partial charge is 0.392 e. The molecule has 0 rings (SSSR count). The minimum absolute atomic E-state index is 0.141. The van der Waals surface area contributed by atoms with Gasteiger partial charge in [0, 0.05) is 6.42 Å². The lowest BCUT2D eigenvalue weighted by atomic mass is 10.1. The summed E-state index contributed by atoms with van der Waals surface area (Å²) in [6.07, 6.45) is 9.75. The van der Waals surface area contributed by atoms with Crippen molar-refractivity contribution in [3.8, 4) is 12.3 Å². The number of allylic oxidation sites excluding steroid dienone is 1. The molecule has 56 valence electrons. The van der Waals surface area contributed by atoms with E-state index >= 15 is 0 Å². The molecule has 0 unspecified atom stereocenters. The first-order valence-electron chi connectivity index (χ1n) is 3.51. The van der Waals surface area contributed by atoms with Crippen molar-refractivity contribution in [2.24, 2.45) is 0 Å². The van der Waals surface area contributed by atoms with Crippen LogP contribution in [0.15, 0.2) is 11.6 Å². The first-order chi connectivity index (χ1) is 4.81. The molecule has 1 heteroatoms. The number of hydrogen-bond acceptors (Lipinski definition) is 1. The number of hydrogen-bond donors (Lipinski definition) is 1. The molecular formula is C9H14O. The van der Waals surface area contributed by atoms with E-state index in [4.69, 9.17) is 11.5 Å². The van der Waals surface area contributed by atoms with E-state index in [1.165, 1.54) is 5.57 Å². The van der Waals surface area contributed by atoms with E-state index in [-0.39, 0.29) is 6.61 Å². The highest BCUT2D eigenvalue weighted by molar-refractivity contribution is 4.98. The lowest BCUT2D eigenvalue weighted by molar-refractivity contribution is 0.341. The molecule has 0 aromatic carbocycles. The molecule has 0 spiro atoms. The van der Waals surface area contributed by atoms with Gasteiger partial charge >= 0.3 is 0 Å². The Balaban J connectivity index is 3.32. The second-order valence-electron chi connectivity index (χ2n) is 2.29. The first-order valence-corrected chi connectivity index (χ1v) is 3.51. The van der Waals surface area contributed by atoms with Gasteiger partial charge in [-0.15, -0.1) is 12.3 Å². The Labute approximate surface area is 62.8 Å². The Morgan fingerprint density at radius 2 is 2.40 bits per heavy atom. The van der Waals surface area contributed by atoms with Gasteiger partial charge in [0.25, 0.3) is 0 Å². The van der Waals surface area contributed by atoms with Gasteiger partial charge in [0.15, 0.2) is 0 Å². The van der Waals surface area contributed by atoms with Crippen LogP contribution in [0.3, 0.4) is 0 Å². The van der Waals surface area contributed by atoms with Crippen molar-refractivity contribution < 1.29 is 5.11 Å². The molecule has 0 aliphatic heterocycles. The van der Waals surface area contributed by atoms with Crippen molar-refractivity contribution in [1.82, 2.24) is 0 Å². The molecule has 0 aromatic heterocycles. The minimum atomic E-state index is 0.141. The molecule has 0 aliphatic carbocycles. The van der Waals surface area contributed by atoms with Crippen molar-refractivity contribution in [3.05, 3.63) is 11.6 Å². The lowest BCUT2D eigenvalue weighted by Crippen LogP contribution is -1.81. The fourth-order valence-electron chi connectivity index (χ4n) is 0.727. The fourth-order valence-corrected chi connectivity index (χ4v) is 0.727. The van der Waals surface area contributed by atoms with Crippen LogP contribution >= 0.6 is 0 Å². The summed E-state index contributed by atoms with van der Waals surface area (Å²) in [4.78, 5) is 0. The number of aliphatic hydroxyl groups is 1. The zero-order valence-electron chi connectivity index (χ0n) is 6.43. The molecule has 0 aliphatic rings. The highest BCUT2D eigenvalue weighted by Gasteiger charge is 1.87. The monoisotopic (exact) mass is 138 g/mol. The smallest absolute Gasteiger partial charge is 0.0614 e. The molecule has 0 amide bonds. The number of terminal acetylenes is 1. The van der Waals surface area contributed by atoms with E-state index in [1.54, 1.807) is 0 Å². The van der Waals surface area contributed by atoms with Gasteiger partial charge in [-0.2, -0.15) is 0 Å². The molecular weight excluding hydrogens is 124 g/mol. The van der Waals surface area contributed by atoms with Gasteiger partial charge in [-0.3, -0.25) is 0 Å². The summed E-state index contributed by atoms with van der Waals surface area (Å²) in [6.45, 7) is 2.15. The summed E-state index contributed by atoms with van der Waals surface area (Å²) >= 11 is 0. The van der Waals surface area contributed by atoms with E-state index in [0.29, 0.717) is 0 Å². The molecule has 0 aromatic rings. The second kappa shape index (κ2) is 6.38. The Kier molecular flexibility index (Phi) is 5.91. The van der Waals surface area contributed by atoms with Crippen molar-refractivity contribution in [1.29, 1.82) is 0 Å². The molecule has 0 atom stereocenters. The Hall–Kier alpha value is -0.740. The number of rotatable bonds is 4. The van der Waals surface area contributed by atoms with Gasteiger partial charge in [-0.1, -0.05) is 11.6 Å². The van der Waals surface area contributed by atoms with E-state index in [1.807, 2.05) is 13.0 Å². The second-order valence-corrected chi connectivity index (χ2v) is 2.29. The predicted octanol–water partition coefficient (Wildman–Crippen LogP) is 1.73. The average molecular weight is 138 g/mol. The van der Waals surface area contributed by atoms with Crippen LogP contribution < -0.4 is 0 Å². The highest BCUT2D eigenvalue weighted by atomic mass is 16.2. The zero-order valence-corrected chi connectivity index (χ0v) is 6.43. The van der Waals surface area contributed by atoms with Crippen molar-refractivity contribution in [2.75, 3.05) is 6.61 Å². The van der Waals surface area contributed by atoms with Gasteiger partial charge in [0.05, 0.1) is 6.61 Å². The van der Waals surface area contributed by atoms with Crippen LogP contribution in [0.2, 0.25) is 0 Å². The average Bonchev–Trinajstić information content (AvgIpc) is 1.89. The summed E-state index contributed by atoms with van der Waals surface area (Å²) in [7, 11) is 0. The predicted molar refractivity (Wildman–Crippen MR) is 43.5 cm³/mol. The van der Waals surface area contributed by atoms with Crippen molar-refractivity contribution in [2.45, 2.75) is 26.2 Å². The highest BCUT2D eigenvalue weighted by Crippen LogP contribution is 2.04. The van der Waals surface area contributed by atoms with Gasteiger partial charge in [0.1, 0.15) is 0 Å². The third kappa shape index (κ3) is 5.40. The van der Waals surface area contributed by atoms with Crippen LogP contribution in [0.5, 0.6) is 0 Å². The molecule has 0 heterocycles. The van der Waals surface area contributed by atoms with Crippen LogP contribution in [0.25, 0.3) is 0 Å². The maximum Gasteiger partial charge on any atom is 0.0614 e. The van der Waals surface area contributed by atoms with E-state index in [0.717, 1.165) is 19.3 Å². The van der Waals surface area contributed by atoms with Gasteiger partial charge in [0.2, 0.25) is 0 Å². The van der Waals surface area contributed by atoms with Crippen LogP contribution in [-0.2, 0) is 0 Å². The standard InChI is InChI=1S/C9H14O/c1-3-4-5-6-9(2)7-8-10/h1,7,10H,4-6,8H2,2H3/b9-7+. The van der Waals surface area contributed by atoms with Crippen LogP contribution in [-0.4, -0.2) is 11.7 Å². The zero-order chi connectivity index (χ0) is 7.82. The van der Waals surface area contributed by atoms with Gasteiger partial charge < -0.3 is 5.11 Å². The molecule has 10 heavy (non-hydrogen) atoms. The molecule has 1 N–H and O–H groups in total. The third-order valence-electron chi connectivity index (χ3n) is 1.33. The fraction of sp³-hybridized carbons (Fsp3) is 0.556. The molecule has 1 nitrogen and oxygen atoms in total. The minimum Gasteiger partial charge on any atom is -0.392 e. The van der Waals surface area contributed by atoms with Crippen molar-refractivity contribution in [3.63, 3.8) is 0 Å². The first kappa shape index (κ1) is 9.26. The SMILES string of the molecule is C#CCCC/C(C)=C/CO.